The van der Waals surface area contributed by atoms with E-state index in [0.717, 1.165) is 61.4 Å². The number of hydrogen-bond donors (Lipinski definition) is 0. The molecular weight excluding hydrogens is 611 g/mol. The average molecular weight is 640 g/mol. The topological polar surface area (TPSA) is 48.5 Å². The summed E-state index contributed by atoms with van der Waals surface area (Å²) in [6.07, 6.45) is 3.98. The largest absolute Gasteiger partial charge is 0.316 e. The van der Waals surface area contributed by atoms with Crippen LogP contribution in [0.2, 0.25) is 0 Å². The van der Waals surface area contributed by atoms with E-state index in [-0.39, 0.29) is 0 Å². The van der Waals surface area contributed by atoms with Crippen LogP contribution in [0.25, 0.3) is 88.9 Å². The van der Waals surface area contributed by atoms with Gasteiger partial charge >= 0.3 is 0 Å². The van der Waals surface area contributed by atoms with Crippen molar-refractivity contribution in [2.75, 3.05) is 0 Å². The molecule has 0 atom stereocenters. The van der Waals surface area contributed by atoms with E-state index in [1.165, 1.54) is 21.7 Å². The van der Waals surface area contributed by atoms with Crippen LogP contribution in [0.4, 0.5) is 0 Å². The fraction of sp³-hybridized carbons (Fsp3) is 0. The third-order valence-corrected chi connectivity index (χ3v) is 9.60. The van der Waals surface area contributed by atoms with Gasteiger partial charge in [0.25, 0.3) is 0 Å². The Balaban J connectivity index is 1.14. The predicted octanol–water partition coefficient (Wildman–Crippen LogP) is 11.1. The van der Waals surface area contributed by atoms with Crippen LogP contribution in [0.3, 0.4) is 0 Å². The van der Waals surface area contributed by atoms with Crippen molar-refractivity contribution in [1.82, 2.24) is 24.1 Å². The second-order valence-electron chi connectivity index (χ2n) is 12.6. The maximum absolute atomic E-state index is 5.23. The zero-order chi connectivity index (χ0) is 33.0. The minimum Gasteiger partial charge on any atom is -0.316 e. The van der Waals surface area contributed by atoms with E-state index in [1.807, 2.05) is 36.5 Å². The van der Waals surface area contributed by atoms with E-state index >= 15 is 0 Å². The highest BCUT2D eigenvalue weighted by Gasteiger charge is 2.17. The van der Waals surface area contributed by atoms with Gasteiger partial charge in [-0.15, -0.1) is 0 Å². The van der Waals surface area contributed by atoms with Gasteiger partial charge in [-0.2, -0.15) is 0 Å². The van der Waals surface area contributed by atoms with Crippen LogP contribution in [-0.2, 0) is 0 Å². The first-order chi connectivity index (χ1) is 24.8. The Labute approximate surface area is 288 Å². The van der Waals surface area contributed by atoms with Gasteiger partial charge in [-0.05, 0) is 66.7 Å². The monoisotopic (exact) mass is 639 g/mol. The number of benzene rings is 6. The van der Waals surface area contributed by atoms with Crippen LogP contribution in [-0.4, -0.2) is 24.1 Å². The van der Waals surface area contributed by atoms with Gasteiger partial charge in [0.15, 0.2) is 5.82 Å². The molecule has 0 unspecified atom stereocenters. The molecule has 0 N–H and O–H groups in total. The Kier molecular flexibility index (Phi) is 6.42. The maximum atomic E-state index is 5.23. The van der Waals surface area contributed by atoms with E-state index < -0.39 is 0 Å². The van der Waals surface area contributed by atoms with E-state index in [9.17, 15) is 0 Å². The molecule has 0 fully saturated rings. The molecule has 0 aliphatic heterocycles. The highest BCUT2D eigenvalue weighted by molar-refractivity contribution is 6.13. The Bertz CT molecular complexity index is 2850. The van der Waals surface area contributed by atoms with E-state index in [4.69, 9.17) is 9.97 Å². The summed E-state index contributed by atoms with van der Waals surface area (Å²) in [5, 5.41) is 4.68. The zero-order valence-corrected chi connectivity index (χ0v) is 27.0. The Morgan fingerprint density at radius 2 is 1.20 bits per heavy atom. The Morgan fingerprint density at radius 1 is 0.440 bits per heavy atom. The molecule has 50 heavy (non-hydrogen) atoms. The molecule has 6 aromatic carbocycles. The minimum atomic E-state index is 0.690. The molecule has 4 heterocycles. The van der Waals surface area contributed by atoms with Crippen molar-refractivity contribution in [3.05, 3.63) is 176 Å². The van der Waals surface area contributed by atoms with Crippen LogP contribution in [0, 0.1) is 0 Å². The van der Waals surface area contributed by atoms with Crippen molar-refractivity contribution in [1.29, 1.82) is 0 Å². The number of fused-ring (bicyclic) bond motifs is 5. The van der Waals surface area contributed by atoms with Gasteiger partial charge < -0.3 is 9.13 Å². The number of pyridine rings is 1. The first-order valence-electron chi connectivity index (χ1n) is 16.8. The number of hydrogen-bond acceptors (Lipinski definition) is 3. The second-order valence-corrected chi connectivity index (χ2v) is 12.6. The fourth-order valence-corrected chi connectivity index (χ4v) is 7.23. The summed E-state index contributed by atoms with van der Waals surface area (Å²) in [7, 11) is 0. The van der Waals surface area contributed by atoms with Crippen molar-refractivity contribution in [2.24, 2.45) is 0 Å². The summed E-state index contributed by atoms with van der Waals surface area (Å²) in [5.41, 5.74) is 11.5. The molecule has 0 saturated carbocycles. The molecule has 5 nitrogen and oxygen atoms in total. The molecule has 0 saturated heterocycles. The molecule has 0 amide bonds. The van der Waals surface area contributed by atoms with E-state index in [1.54, 1.807) is 0 Å². The molecule has 0 aliphatic rings. The summed E-state index contributed by atoms with van der Waals surface area (Å²) < 4.78 is 4.63. The van der Waals surface area contributed by atoms with Gasteiger partial charge in [-0.25, -0.2) is 9.97 Å². The van der Waals surface area contributed by atoms with Crippen LogP contribution in [0.5, 0.6) is 0 Å². The SMILES string of the molecule is c1ccc(-n2ccc3cc4c5ccccc5n(-c5cccc(-c6nc(-c7ccc(-c8ccccn8)cc7)c7ccccc7n6)c5)c4cc32)cc1. The quantitative estimate of drug-likeness (QED) is 0.188. The minimum absolute atomic E-state index is 0.690. The molecule has 0 aliphatic carbocycles. The van der Waals surface area contributed by atoms with Crippen molar-refractivity contribution >= 4 is 43.6 Å². The molecule has 0 radical (unpaired) electrons. The fourth-order valence-electron chi connectivity index (χ4n) is 7.23. The summed E-state index contributed by atoms with van der Waals surface area (Å²) in [5.74, 6) is 0.690. The standard InChI is InChI=1S/C45H29N5/c1-2-12-34(13-3-1)49-26-24-32-28-38-36-15-5-7-19-41(36)50(43(38)29-42(32)49)35-14-10-11-33(27-35)45-47-40-18-6-4-16-37(40)44(48-45)31-22-20-30(21-23-31)39-17-8-9-25-46-39/h1-29H. The summed E-state index contributed by atoms with van der Waals surface area (Å²) in [6.45, 7) is 0. The van der Waals surface area contributed by atoms with Gasteiger partial charge in [0.1, 0.15) is 0 Å². The Hall–Kier alpha value is -6.85. The molecule has 4 aromatic heterocycles. The van der Waals surface area contributed by atoms with Crippen LogP contribution in [0.15, 0.2) is 176 Å². The number of nitrogens with zero attached hydrogens (tertiary/aromatic N) is 5. The van der Waals surface area contributed by atoms with Crippen molar-refractivity contribution in [2.45, 2.75) is 0 Å². The molecule has 10 rings (SSSR count). The van der Waals surface area contributed by atoms with Gasteiger partial charge in [0.2, 0.25) is 0 Å². The van der Waals surface area contributed by atoms with Gasteiger partial charge in [-0.1, -0.05) is 97.1 Å². The highest BCUT2D eigenvalue weighted by atomic mass is 15.0. The van der Waals surface area contributed by atoms with Crippen molar-refractivity contribution in [3.8, 4) is 45.3 Å². The number of para-hydroxylation sites is 3. The van der Waals surface area contributed by atoms with Crippen LogP contribution < -0.4 is 0 Å². The van der Waals surface area contributed by atoms with Crippen LogP contribution >= 0.6 is 0 Å². The molecule has 0 spiro atoms. The molecular formula is C45H29N5. The lowest BCUT2D eigenvalue weighted by atomic mass is 10.0. The van der Waals surface area contributed by atoms with Crippen molar-refractivity contribution < 1.29 is 0 Å². The zero-order valence-electron chi connectivity index (χ0n) is 27.0. The summed E-state index contributed by atoms with van der Waals surface area (Å²) in [6, 6.07) is 57.3. The number of rotatable bonds is 5. The third kappa shape index (κ3) is 4.60. The van der Waals surface area contributed by atoms with E-state index in [2.05, 4.69) is 154 Å². The first-order valence-corrected chi connectivity index (χ1v) is 16.8. The molecule has 234 valence electrons. The average Bonchev–Trinajstić information content (AvgIpc) is 3.76. The van der Waals surface area contributed by atoms with Gasteiger partial charge in [0.05, 0.1) is 33.5 Å². The Morgan fingerprint density at radius 3 is 2.06 bits per heavy atom. The van der Waals surface area contributed by atoms with Crippen molar-refractivity contribution in [3.63, 3.8) is 0 Å². The summed E-state index contributed by atoms with van der Waals surface area (Å²) in [4.78, 5) is 14.8. The maximum Gasteiger partial charge on any atom is 0.160 e. The number of aromatic nitrogens is 5. The smallest absolute Gasteiger partial charge is 0.160 e. The first kappa shape index (κ1) is 28.2. The highest BCUT2D eigenvalue weighted by Crippen LogP contribution is 2.37. The second kappa shape index (κ2) is 11.4. The van der Waals surface area contributed by atoms with E-state index in [0.29, 0.717) is 5.82 Å². The van der Waals surface area contributed by atoms with Crippen LogP contribution in [0.1, 0.15) is 0 Å². The predicted molar refractivity (Wildman–Crippen MR) is 205 cm³/mol. The van der Waals surface area contributed by atoms with Gasteiger partial charge in [-0.3, -0.25) is 4.98 Å². The normalized spacial score (nSPS) is 11.6. The lowest BCUT2D eigenvalue weighted by Crippen LogP contribution is -1.98. The lowest BCUT2D eigenvalue weighted by molar-refractivity contribution is 1.12. The summed E-state index contributed by atoms with van der Waals surface area (Å²) >= 11 is 0. The molecule has 5 heteroatoms. The molecule has 10 aromatic rings. The lowest BCUT2D eigenvalue weighted by Gasteiger charge is -2.13. The molecule has 0 bridgehead atoms. The van der Waals surface area contributed by atoms with Gasteiger partial charge in [0, 0.05) is 62.0 Å². The third-order valence-electron chi connectivity index (χ3n) is 9.60.